The summed E-state index contributed by atoms with van der Waals surface area (Å²) in [5.41, 5.74) is 0. The van der Waals surface area contributed by atoms with Crippen LogP contribution in [0, 0.1) is 0 Å². The Morgan fingerprint density at radius 3 is 2.40 bits per heavy atom. The van der Waals surface area contributed by atoms with Crippen molar-refractivity contribution in [3.8, 4) is 0 Å². The van der Waals surface area contributed by atoms with Gasteiger partial charge in [-0.2, -0.15) is 0 Å². The van der Waals surface area contributed by atoms with Crippen molar-refractivity contribution in [2.45, 2.75) is 26.2 Å². The summed E-state index contributed by atoms with van der Waals surface area (Å²) in [4.78, 5) is 9.07. The molecule has 6 heteroatoms. The van der Waals surface area contributed by atoms with Crippen LogP contribution in [0.15, 0.2) is 4.99 Å². The Morgan fingerprint density at radius 1 is 1.15 bits per heavy atom. The van der Waals surface area contributed by atoms with Gasteiger partial charge in [0.15, 0.2) is 5.96 Å². The van der Waals surface area contributed by atoms with Gasteiger partial charge in [-0.1, -0.05) is 13.3 Å². The van der Waals surface area contributed by atoms with Crippen LogP contribution in [-0.2, 0) is 0 Å². The maximum absolute atomic E-state index is 4.25. The van der Waals surface area contributed by atoms with Gasteiger partial charge in [0, 0.05) is 33.2 Å². The molecule has 0 bridgehead atoms. The van der Waals surface area contributed by atoms with Crippen LogP contribution in [-0.4, -0.2) is 75.7 Å². The van der Waals surface area contributed by atoms with E-state index >= 15 is 0 Å². The highest BCUT2D eigenvalue weighted by atomic mass is 127. The summed E-state index contributed by atoms with van der Waals surface area (Å²) >= 11 is 0. The van der Waals surface area contributed by atoms with Crippen molar-refractivity contribution >= 4 is 29.9 Å². The lowest BCUT2D eigenvalue weighted by Crippen LogP contribution is -2.44. The summed E-state index contributed by atoms with van der Waals surface area (Å²) < 4.78 is 0. The molecule has 1 aliphatic heterocycles. The van der Waals surface area contributed by atoms with Crippen LogP contribution in [0.5, 0.6) is 0 Å². The Hall–Kier alpha value is -0.0800. The highest BCUT2D eigenvalue weighted by Crippen LogP contribution is 2.07. The zero-order chi connectivity index (χ0) is 13.9. The Balaban J connectivity index is 0.00000361. The number of guanidine groups is 1. The second-order valence-electron chi connectivity index (χ2n) is 5.22. The maximum atomic E-state index is 4.25. The molecule has 1 aliphatic rings. The number of hydrogen-bond donors (Lipinski definition) is 2. The van der Waals surface area contributed by atoms with Gasteiger partial charge >= 0.3 is 0 Å². The van der Waals surface area contributed by atoms with E-state index in [9.17, 15) is 0 Å². The van der Waals surface area contributed by atoms with Gasteiger partial charge in [-0.05, 0) is 39.5 Å². The largest absolute Gasteiger partial charge is 0.355 e. The van der Waals surface area contributed by atoms with Crippen LogP contribution in [0.1, 0.15) is 26.2 Å². The van der Waals surface area contributed by atoms with Crippen molar-refractivity contribution in [2.75, 3.05) is 59.9 Å². The van der Waals surface area contributed by atoms with Crippen LogP contribution < -0.4 is 10.6 Å². The SMILES string of the molecule is CCN(C)CCNC(=NC)NCCN1CCCCC1.I. The van der Waals surface area contributed by atoms with Crippen LogP contribution in [0.3, 0.4) is 0 Å². The predicted molar refractivity (Wildman–Crippen MR) is 98.2 cm³/mol. The zero-order valence-electron chi connectivity index (χ0n) is 13.3. The number of piperidine rings is 1. The second-order valence-corrected chi connectivity index (χ2v) is 5.22. The summed E-state index contributed by atoms with van der Waals surface area (Å²) in [5, 5.41) is 6.74. The third kappa shape index (κ3) is 8.97. The molecule has 0 spiro atoms. The average Bonchev–Trinajstić information content (AvgIpc) is 2.46. The van der Waals surface area contributed by atoms with E-state index in [0.29, 0.717) is 0 Å². The summed E-state index contributed by atoms with van der Waals surface area (Å²) in [6.45, 7) is 9.86. The lowest BCUT2D eigenvalue weighted by atomic mass is 10.1. The molecule has 1 fully saturated rings. The van der Waals surface area contributed by atoms with Crippen molar-refractivity contribution in [1.82, 2.24) is 20.4 Å². The van der Waals surface area contributed by atoms with Crippen LogP contribution in [0.4, 0.5) is 0 Å². The van der Waals surface area contributed by atoms with E-state index < -0.39 is 0 Å². The third-order valence-electron chi connectivity index (χ3n) is 3.72. The fraction of sp³-hybridized carbons (Fsp3) is 0.929. The van der Waals surface area contributed by atoms with E-state index in [0.717, 1.165) is 38.7 Å². The number of likely N-dealkylation sites (N-methyl/N-ethyl adjacent to an activating group) is 1. The molecule has 0 unspecified atom stereocenters. The van der Waals surface area contributed by atoms with Gasteiger partial charge in [-0.15, -0.1) is 24.0 Å². The third-order valence-corrected chi connectivity index (χ3v) is 3.72. The molecule has 0 aromatic carbocycles. The van der Waals surface area contributed by atoms with Crippen LogP contribution in [0.2, 0.25) is 0 Å². The van der Waals surface area contributed by atoms with Gasteiger partial charge < -0.3 is 20.4 Å². The van der Waals surface area contributed by atoms with E-state index in [1.807, 2.05) is 7.05 Å². The molecule has 5 nitrogen and oxygen atoms in total. The number of nitrogens with one attached hydrogen (secondary N) is 2. The fourth-order valence-electron chi connectivity index (χ4n) is 2.26. The molecule has 0 amide bonds. The Kier molecular flexibility index (Phi) is 12.6. The highest BCUT2D eigenvalue weighted by Gasteiger charge is 2.09. The predicted octanol–water partition coefficient (Wildman–Crippen LogP) is 1.21. The summed E-state index contributed by atoms with van der Waals surface area (Å²) in [6.07, 6.45) is 4.12. The standard InChI is InChI=1S/C14H31N5.HI/c1-4-18(3)12-8-16-14(15-2)17-9-13-19-10-6-5-7-11-19;/h4-13H2,1-3H3,(H2,15,16,17);1H. The molecule has 0 atom stereocenters. The van der Waals surface area contributed by atoms with Crippen molar-refractivity contribution in [2.24, 2.45) is 4.99 Å². The fourth-order valence-corrected chi connectivity index (χ4v) is 2.26. The summed E-state index contributed by atoms with van der Waals surface area (Å²) in [6, 6.07) is 0. The minimum Gasteiger partial charge on any atom is -0.355 e. The first kappa shape index (κ1) is 19.9. The molecule has 0 radical (unpaired) electrons. The molecule has 1 saturated heterocycles. The smallest absolute Gasteiger partial charge is 0.191 e. The number of halogens is 1. The van der Waals surface area contributed by atoms with Gasteiger partial charge in [-0.25, -0.2) is 0 Å². The van der Waals surface area contributed by atoms with E-state index in [1.54, 1.807) is 0 Å². The van der Waals surface area contributed by atoms with Gasteiger partial charge in [-0.3, -0.25) is 4.99 Å². The number of likely N-dealkylation sites (tertiary alicyclic amines) is 1. The Bertz CT molecular complexity index is 254. The number of rotatable bonds is 7. The van der Waals surface area contributed by atoms with Crippen molar-refractivity contribution < 1.29 is 0 Å². The Labute approximate surface area is 141 Å². The molecule has 20 heavy (non-hydrogen) atoms. The van der Waals surface area contributed by atoms with E-state index in [1.165, 1.54) is 32.4 Å². The monoisotopic (exact) mass is 397 g/mol. The molecule has 1 rings (SSSR count). The molecule has 0 aromatic rings. The zero-order valence-corrected chi connectivity index (χ0v) is 15.7. The topological polar surface area (TPSA) is 42.9 Å². The number of aliphatic imine (C=N–C) groups is 1. The molecular formula is C14H32IN5. The first-order chi connectivity index (χ1) is 9.26. The maximum Gasteiger partial charge on any atom is 0.191 e. The molecule has 2 N–H and O–H groups in total. The number of hydrogen-bond acceptors (Lipinski definition) is 3. The van der Waals surface area contributed by atoms with Gasteiger partial charge in [0.2, 0.25) is 0 Å². The van der Waals surface area contributed by atoms with Crippen molar-refractivity contribution in [3.63, 3.8) is 0 Å². The van der Waals surface area contributed by atoms with E-state index in [4.69, 9.17) is 0 Å². The molecular weight excluding hydrogens is 365 g/mol. The van der Waals surface area contributed by atoms with Crippen molar-refractivity contribution in [3.05, 3.63) is 0 Å². The minimum atomic E-state index is 0. The van der Waals surface area contributed by atoms with Gasteiger partial charge in [0.1, 0.15) is 0 Å². The van der Waals surface area contributed by atoms with E-state index in [-0.39, 0.29) is 24.0 Å². The highest BCUT2D eigenvalue weighted by molar-refractivity contribution is 14.0. The van der Waals surface area contributed by atoms with Gasteiger partial charge in [0.05, 0.1) is 0 Å². The van der Waals surface area contributed by atoms with Crippen LogP contribution in [0.25, 0.3) is 0 Å². The molecule has 120 valence electrons. The molecule has 0 saturated carbocycles. The van der Waals surface area contributed by atoms with Crippen LogP contribution >= 0.6 is 24.0 Å². The van der Waals surface area contributed by atoms with Gasteiger partial charge in [0.25, 0.3) is 0 Å². The molecule has 1 heterocycles. The first-order valence-electron chi connectivity index (χ1n) is 7.61. The summed E-state index contributed by atoms with van der Waals surface area (Å²) in [7, 11) is 3.97. The summed E-state index contributed by atoms with van der Waals surface area (Å²) in [5.74, 6) is 0.918. The molecule has 0 aromatic heterocycles. The molecule has 0 aliphatic carbocycles. The minimum absolute atomic E-state index is 0. The first-order valence-corrected chi connectivity index (χ1v) is 7.61. The lowest BCUT2D eigenvalue weighted by Gasteiger charge is -2.26. The quantitative estimate of drug-likeness (QED) is 0.385. The second kappa shape index (κ2) is 12.6. The normalized spacial score (nSPS) is 16.9. The number of nitrogens with zero attached hydrogens (tertiary/aromatic N) is 3. The Morgan fingerprint density at radius 2 is 1.80 bits per heavy atom. The lowest BCUT2D eigenvalue weighted by molar-refractivity contribution is 0.232. The average molecular weight is 397 g/mol. The van der Waals surface area contributed by atoms with E-state index in [2.05, 4.69) is 39.4 Å². The van der Waals surface area contributed by atoms with Crippen molar-refractivity contribution in [1.29, 1.82) is 0 Å².